The van der Waals surface area contributed by atoms with Crippen LogP contribution in [0.2, 0.25) is 0 Å². The van der Waals surface area contributed by atoms with Gasteiger partial charge in [0.2, 0.25) is 5.91 Å². The monoisotopic (exact) mass is 435 g/mol. The van der Waals surface area contributed by atoms with Crippen molar-refractivity contribution >= 4 is 16.8 Å². The molecule has 32 heavy (non-hydrogen) atoms. The number of phenols is 1. The van der Waals surface area contributed by atoms with Crippen molar-refractivity contribution < 1.29 is 14.6 Å². The maximum absolute atomic E-state index is 12.6. The van der Waals surface area contributed by atoms with Crippen molar-refractivity contribution in [2.24, 2.45) is 5.92 Å². The lowest BCUT2D eigenvalue weighted by Crippen LogP contribution is -2.30. The summed E-state index contributed by atoms with van der Waals surface area (Å²) in [6.45, 7) is 5.63. The Balaban J connectivity index is 1.87. The molecule has 170 valence electrons. The number of carbonyl (C=O) groups is 1. The molecule has 2 aromatic carbocycles. The van der Waals surface area contributed by atoms with Gasteiger partial charge < -0.3 is 20.1 Å². The number of ether oxygens (including phenoxy) is 1. The van der Waals surface area contributed by atoms with Gasteiger partial charge in [-0.3, -0.25) is 9.78 Å². The van der Waals surface area contributed by atoms with Gasteiger partial charge in [-0.2, -0.15) is 0 Å². The average molecular weight is 436 g/mol. The molecule has 0 fully saturated rings. The molecule has 0 aliphatic rings. The molecule has 0 radical (unpaired) electrons. The highest BCUT2D eigenvalue weighted by molar-refractivity contribution is 5.86. The van der Waals surface area contributed by atoms with Crippen molar-refractivity contribution in [2.45, 2.75) is 32.7 Å². The summed E-state index contributed by atoms with van der Waals surface area (Å²) in [6.07, 6.45) is 3.01. The van der Waals surface area contributed by atoms with E-state index in [0.29, 0.717) is 24.1 Å². The van der Waals surface area contributed by atoms with E-state index in [-0.39, 0.29) is 17.6 Å². The van der Waals surface area contributed by atoms with Crippen molar-refractivity contribution in [3.63, 3.8) is 0 Å². The van der Waals surface area contributed by atoms with Crippen LogP contribution in [0, 0.1) is 5.92 Å². The van der Waals surface area contributed by atoms with Crippen LogP contribution in [-0.4, -0.2) is 48.1 Å². The lowest BCUT2D eigenvalue weighted by Gasteiger charge is -2.22. The average Bonchev–Trinajstić information content (AvgIpc) is 2.76. The predicted molar refractivity (Wildman–Crippen MR) is 128 cm³/mol. The fourth-order valence-electron chi connectivity index (χ4n) is 3.64. The van der Waals surface area contributed by atoms with Gasteiger partial charge in [-0.05, 0) is 50.2 Å². The molecule has 0 spiro atoms. The molecule has 0 bridgehead atoms. The van der Waals surface area contributed by atoms with Crippen molar-refractivity contribution in [2.75, 3.05) is 27.2 Å². The number of aromatic nitrogens is 1. The fraction of sp³-hybridized carbons (Fsp3) is 0.385. The zero-order valence-electron chi connectivity index (χ0n) is 19.3. The van der Waals surface area contributed by atoms with Gasteiger partial charge in [0, 0.05) is 30.1 Å². The summed E-state index contributed by atoms with van der Waals surface area (Å²) in [5.74, 6) is 1.04. The quantitative estimate of drug-likeness (QED) is 0.458. The third-order valence-electron chi connectivity index (χ3n) is 5.22. The number of benzene rings is 2. The van der Waals surface area contributed by atoms with Gasteiger partial charge in [-0.1, -0.05) is 44.2 Å². The molecule has 2 N–H and O–H groups in total. The van der Waals surface area contributed by atoms with Crippen LogP contribution in [0.25, 0.3) is 10.9 Å². The smallest absolute Gasteiger partial charge is 0.221 e. The molecule has 1 unspecified atom stereocenters. The highest BCUT2D eigenvalue weighted by atomic mass is 16.5. The normalized spacial score (nSPS) is 12.3. The van der Waals surface area contributed by atoms with E-state index in [9.17, 15) is 9.90 Å². The SMILES string of the molecule is CC(C)CC(=O)NC(c1ccc(OCCCN(C)C)cc1)c1ccc2cccnc2c1O. The van der Waals surface area contributed by atoms with Crippen LogP contribution < -0.4 is 10.1 Å². The van der Waals surface area contributed by atoms with Gasteiger partial charge in [-0.15, -0.1) is 0 Å². The van der Waals surface area contributed by atoms with E-state index < -0.39 is 6.04 Å². The zero-order valence-corrected chi connectivity index (χ0v) is 19.3. The van der Waals surface area contributed by atoms with E-state index in [0.717, 1.165) is 29.7 Å². The minimum absolute atomic E-state index is 0.0606. The molecule has 0 saturated heterocycles. The van der Waals surface area contributed by atoms with Gasteiger partial charge in [0.1, 0.15) is 17.0 Å². The van der Waals surface area contributed by atoms with E-state index in [4.69, 9.17) is 4.74 Å². The molecule has 0 saturated carbocycles. The number of aromatic hydroxyl groups is 1. The van der Waals surface area contributed by atoms with Gasteiger partial charge in [0.25, 0.3) is 0 Å². The Kier molecular flexibility index (Phi) is 8.06. The first kappa shape index (κ1) is 23.5. The van der Waals surface area contributed by atoms with Crippen LogP contribution in [0.15, 0.2) is 54.7 Å². The number of phenolic OH excluding ortho intramolecular Hbond substituents is 1. The fourth-order valence-corrected chi connectivity index (χ4v) is 3.64. The highest BCUT2D eigenvalue weighted by Gasteiger charge is 2.22. The summed E-state index contributed by atoms with van der Waals surface area (Å²) < 4.78 is 5.84. The summed E-state index contributed by atoms with van der Waals surface area (Å²) in [7, 11) is 4.08. The first-order valence-electron chi connectivity index (χ1n) is 11.1. The Hall–Kier alpha value is -3.12. The summed E-state index contributed by atoms with van der Waals surface area (Å²) in [5, 5.41) is 14.9. The molecule has 1 heterocycles. The number of pyridine rings is 1. The first-order chi connectivity index (χ1) is 15.3. The Bertz CT molecular complexity index is 1030. The lowest BCUT2D eigenvalue weighted by molar-refractivity contribution is -0.122. The van der Waals surface area contributed by atoms with Crippen molar-refractivity contribution in [1.29, 1.82) is 0 Å². The highest BCUT2D eigenvalue weighted by Crippen LogP contribution is 2.35. The minimum Gasteiger partial charge on any atom is -0.505 e. The third kappa shape index (κ3) is 6.20. The number of fused-ring (bicyclic) bond motifs is 1. The van der Waals surface area contributed by atoms with E-state index >= 15 is 0 Å². The number of hydrogen-bond acceptors (Lipinski definition) is 5. The van der Waals surface area contributed by atoms with E-state index in [1.807, 2.05) is 76.5 Å². The van der Waals surface area contributed by atoms with E-state index in [1.54, 1.807) is 6.20 Å². The van der Waals surface area contributed by atoms with Crippen LogP contribution >= 0.6 is 0 Å². The Morgan fingerprint density at radius 1 is 1.12 bits per heavy atom. The number of nitrogens with one attached hydrogen (secondary N) is 1. The van der Waals surface area contributed by atoms with Crippen LogP contribution in [0.5, 0.6) is 11.5 Å². The second-order valence-electron chi connectivity index (χ2n) is 8.75. The van der Waals surface area contributed by atoms with E-state index in [2.05, 4.69) is 15.2 Å². The van der Waals surface area contributed by atoms with Gasteiger partial charge in [0.15, 0.2) is 0 Å². The second-order valence-corrected chi connectivity index (χ2v) is 8.75. The first-order valence-corrected chi connectivity index (χ1v) is 11.1. The number of nitrogens with zero attached hydrogens (tertiary/aromatic N) is 2. The molecular weight excluding hydrogens is 402 g/mol. The van der Waals surface area contributed by atoms with E-state index in [1.165, 1.54) is 0 Å². The van der Waals surface area contributed by atoms with Crippen LogP contribution in [0.1, 0.15) is 43.9 Å². The molecule has 3 aromatic rings. The topological polar surface area (TPSA) is 74.7 Å². The second kappa shape index (κ2) is 11.0. The zero-order chi connectivity index (χ0) is 23.1. The maximum Gasteiger partial charge on any atom is 0.221 e. The third-order valence-corrected chi connectivity index (χ3v) is 5.22. The Morgan fingerprint density at radius 2 is 1.88 bits per heavy atom. The summed E-state index contributed by atoms with van der Waals surface area (Å²) in [4.78, 5) is 19.1. The van der Waals surface area contributed by atoms with Gasteiger partial charge in [-0.25, -0.2) is 0 Å². The molecule has 3 rings (SSSR count). The molecule has 1 atom stereocenters. The summed E-state index contributed by atoms with van der Waals surface area (Å²) >= 11 is 0. The molecule has 0 aliphatic carbocycles. The molecule has 0 aliphatic heterocycles. The predicted octanol–water partition coefficient (Wildman–Crippen LogP) is 4.52. The standard InChI is InChI=1S/C26H33N3O3/c1-18(2)17-23(30)28-24(22-13-10-19-7-5-14-27-25(19)26(22)31)20-8-11-21(12-9-20)32-16-6-15-29(3)4/h5,7-14,18,24,31H,6,15-17H2,1-4H3,(H,28,30). The number of carbonyl (C=O) groups excluding carboxylic acids is 1. The van der Waals surface area contributed by atoms with Crippen molar-refractivity contribution in [3.8, 4) is 11.5 Å². The maximum atomic E-state index is 12.6. The van der Waals surface area contributed by atoms with Crippen molar-refractivity contribution in [3.05, 3.63) is 65.9 Å². The molecular formula is C26H33N3O3. The Morgan fingerprint density at radius 3 is 2.56 bits per heavy atom. The molecule has 1 aromatic heterocycles. The van der Waals surface area contributed by atoms with Gasteiger partial charge in [0.05, 0.1) is 12.6 Å². The molecule has 6 heteroatoms. The number of hydrogen-bond donors (Lipinski definition) is 2. The minimum atomic E-state index is -0.490. The molecule has 6 nitrogen and oxygen atoms in total. The lowest BCUT2D eigenvalue weighted by atomic mass is 9.95. The number of amides is 1. The number of rotatable bonds is 10. The van der Waals surface area contributed by atoms with Crippen LogP contribution in [-0.2, 0) is 4.79 Å². The Labute approximate surface area is 190 Å². The summed E-state index contributed by atoms with van der Waals surface area (Å²) in [6, 6.07) is 14.7. The van der Waals surface area contributed by atoms with Gasteiger partial charge >= 0.3 is 0 Å². The summed E-state index contributed by atoms with van der Waals surface area (Å²) in [5.41, 5.74) is 2.01. The largest absolute Gasteiger partial charge is 0.505 e. The van der Waals surface area contributed by atoms with Crippen LogP contribution in [0.3, 0.4) is 0 Å². The van der Waals surface area contributed by atoms with Crippen molar-refractivity contribution in [1.82, 2.24) is 15.2 Å². The van der Waals surface area contributed by atoms with Crippen LogP contribution in [0.4, 0.5) is 0 Å². The molecule has 1 amide bonds.